The highest BCUT2D eigenvalue weighted by molar-refractivity contribution is 6.06. The normalized spacial score (nSPS) is 11.3. The largest absolute Gasteiger partial charge is 0.456 e. The molecule has 11 aromatic rings. The Labute approximate surface area is 354 Å². The second-order valence-electron chi connectivity index (χ2n) is 15.2. The van der Waals surface area contributed by atoms with Crippen molar-refractivity contribution in [3.05, 3.63) is 224 Å². The van der Waals surface area contributed by atoms with E-state index in [9.17, 15) is 0 Å². The number of aromatic nitrogens is 3. The maximum atomic E-state index is 6.05. The van der Waals surface area contributed by atoms with Gasteiger partial charge in [-0.2, -0.15) is 0 Å². The highest BCUT2D eigenvalue weighted by atomic mass is 16.3. The standard InChI is InChI=1S/C57H37N3O/c1-3-13-43(14-4-1)47-17-7-9-20-50(47)56-58-55(59-57(60-56)51-21-10-8-18-48(51)44-15-5-2-6-16-44)45-33-31-41(32-34-45)39-25-23-38(24-26-39)40-27-29-42(30-28-40)46-35-36-54-52(37-46)49-19-11-12-22-53(49)61-54/h1-37H. The van der Waals surface area contributed by atoms with Crippen LogP contribution in [-0.2, 0) is 0 Å². The molecule has 0 amide bonds. The van der Waals surface area contributed by atoms with Crippen molar-refractivity contribution in [3.8, 4) is 89.8 Å². The second-order valence-corrected chi connectivity index (χ2v) is 15.2. The van der Waals surface area contributed by atoms with E-state index in [1.54, 1.807) is 0 Å². The first-order chi connectivity index (χ1) is 30.2. The van der Waals surface area contributed by atoms with Crippen molar-refractivity contribution in [2.75, 3.05) is 0 Å². The molecule has 0 N–H and O–H groups in total. The fourth-order valence-corrected chi connectivity index (χ4v) is 8.27. The minimum absolute atomic E-state index is 0.620. The Hall–Kier alpha value is -8.21. The predicted octanol–water partition coefficient (Wildman–Crippen LogP) is 15.1. The van der Waals surface area contributed by atoms with Gasteiger partial charge in [-0.25, -0.2) is 15.0 Å². The van der Waals surface area contributed by atoms with Gasteiger partial charge in [-0.1, -0.05) is 206 Å². The zero-order valence-electron chi connectivity index (χ0n) is 33.1. The number of furan rings is 1. The summed E-state index contributed by atoms with van der Waals surface area (Å²) in [6.45, 7) is 0. The van der Waals surface area contributed by atoms with Crippen LogP contribution in [0.5, 0.6) is 0 Å². The average Bonchev–Trinajstić information content (AvgIpc) is 3.73. The van der Waals surface area contributed by atoms with E-state index in [0.29, 0.717) is 17.5 Å². The van der Waals surface area contributed by atoms with Gasteiger partial charge in [-0.05, 0) is 73.8 Å². The van der Waals surface area contributed by atoms with Crippen molar-refractivity contribution >= 4 is 21.9 Å². The van der Waals surface area contributed by atoms with Gasteiger partial charge in [0.1, 0.15) is 11.2 Å². The molecule has 4 heteroatoms. The lowest BCUT2D eigenvalue weighted by Gasteiger charge is -2.14. The first-order valence-electron chi connectivity index (χ1n) is 20.5. The van der Waals surface area contributed by atoms with Crippen molar-refractivity contribution < 1.29 is 4.42 Å². The van der Waals surface area contributed by atoms with E-state index in [1.807, 2.05) is 36.4 Å². The highest BCUT2D eigenvalue weighted by Crippen LogP contribution is 2.37. The Morgan fingerprint density at radius 3 is 1.10 bits per heavy atom. The lowest BCUT2D eigenvalue weighted by Crippen LogP contribution is -2.02. The number of nitrogens with zero attached hydrogens (tertiary/aromatic N) is 3. The Morgan fingerprint density at radius 1 is 0.230 bits per heavy atom. The lowest BCUT2D eigenvalue weighted by atomic mass is 9.97. The smallest absolute Gasteiger partial charge is 0.164 e. The van der Waals surface area contributed by atoms with Gasteiger partial charge in [-0.15, -0.1) is 0 Å². The van der Waals surface area contributed by atoms with E-state index in [1.165, 1.54) is 22.3 Å². The molecule has 0 unspecified atom stereocenters. The lowest BCUT2D eigenvalue weighted by molar-refractivity contribution is 0.669. The summed E-state index contributed by atoms with van der Waals surface area (Å²) >= 11 is 0. The summed E-state index contributed by atoms with van der Waals surface area (Å²) in [6, 6.07) is 78.2. The van der Waals surface area contributed by atoms with Crippen LogP contribution in [-0.4, -0.2) is 15.0 Å². The summed E-state index contributed by atoms with van der Waals surface area (Å²) in [5.41, 5.74) is 15.9. The third-order valence-corrected chi connectivity index (χ3v) is 11.4. The van der Waals surface area contributed by atoms with Crippen LogP contribution in [0.1, 0.15) is 0 Å². The van der Waals surface area contributed by atoms with E-state index in [4.69, 9.17) is 19.4 Å². The van der Waals surface area contributed by atoms with Gasteiger partial charge >= 0.3 is 0 Å². The van der Waals surface area contributed by atoms with Gasteiger partial charge in [0.2, 0.25) is 0 Å². The Bertz CT molecular complexity index is 3220. The van der Waals surface area contributed by atoms with E-state index in [-0.39, 0.29) is 0 Å². The fraction of sp³-hybridized carbons (Fsp3) is 0. The van der Waals surface area contributed by atoms with Gasteiger partial charge in [0.05, 0.1) is 0 Å². The van der Waals surface area contributed by atoms with Crippen molar-refractivity contribution in [3.63, 3.8) is 0 Å². The first-order valence-corrected chi connectivity index (χ1v) is 20.5. The van der Waals surface area contributed by atoms with Crippen LogP contribution < -0.4 is 0 Å². The topological polar surface area (TPSA) is 51.8 Å². The minimum atomic E-state index is 0.620. The van der Waals surface area contributed by atoms with E-state index >= 15 is 0 Å². The second kappa shape index (κ2) is 15.5. The Balaban J connectivity index is 0.905. The molecule has 0 aliphatic heterocycles. The predicted molar refractivity (Wildman–Crippen MR) is 251 cm³/mol. The fourth-order valence-electron chi connectivity index (χ4n) is 8.27. The monoisotopic (exact) mass is 779 g/mol. The van der Waals surface area contributed by atoms with Crippen LogP contribution in [0.4, 0.5) is 0 Å². The number of rotatable bonds is 8. The number of hydrogen-bond acceptors (Lipinski definition) is 4. The molecular weight excluding hydrogens is 743 g/mol. The maximum absolute atomic E-state index is 6.05. The SMILES string of the molecule is c1ccc(-c2ccccc2-c2nc(-c3ccc(-c4ccc(-c5ccc(-c6ccc7oc8ccccc8c7c6)cc5)cc4)cc3)nc(-c3ccccc3-c3ccccc3)n2)cc1. The van der Waals surface area contributed by atoms with Crippen LogP contribution in [0.15, 0.2) is 229 Å². The van der Waals surface area contributed by atoms with Crippen molar-refractivity contribution in [2.45, 2.75) is 0 Å². The average molecular weight is 780 g/mol. The van der Waals surface area contributed by atoms with Crippen molar-refractivity contribution in [2.24, 2.45) is 0 Å². The third kappa shape index (κ3) is 6.96. The van der Waals surface area contributed by atoms with Crippen LogP contribution in [0.2, 0.25) is 0 Å². The Kier molecular flexibility index (Phi) is 9.14. The van der Waals surface area contributed by atoms with Gasteiger partial charge in [0, 0.05) is 27.5 Å². The summed E-state index contributed by atoms with van der Waals surface area (Å²) in [4.78, 5) is 15.5. The molecule has 0 saturated heterocycles. The summed E-state index contributed by atoms with van der Waals surface area (Å²) in [7, 11) is 0. The van der Waals surface area contributed by atoms with Crippen molar-refractivity contribution in [1.29, 1.82) is 0 Å². The Morgan fingerprint density at radius 2 is 0.590 bits per heavy atom. The van der Waals surface area contributed by atoms with Crippen LogP contribution in [0, 0.1) is 0 Å². The molecule has 2 aromatic heterocycles. The van der Waals surface area contributed by atoms with Crippen LogP contribution >= 0.6 is 0 Å². The molecule has 0 spiro atoms. The molecule has 0 fully saturated rings. The zero-order valence-corrected chi connectivity index (χ0v) is 33.1. The summed E-state index contributed by atoms with van der Waals surface area (Å²) < 4.78 is 6.05. The molecule has 4 nitrogen and oxygen atoms in total. The molecular formula is C57H37N3O. The molecule has 61 heavy (non-hydrogen) atoms. The molecule has 9 aromatic carbocycles. The van der Waals surface area contributed by atoms with Crippen LogP contribution in [0.3, 0.4) is 0 Å². The quantitative estimate of drug-likeness (QED) is 0.154. The molecule has 0 atom stereocenters. The summed E-state index contributed by atoms with van der Waals surface area (Å²) in [5, 5.41) is 2.28. The molecule has 0 saturated carbocycles. The van der Waals surface area contributed by atoms with Gasteiger partial charge < -0.3 is 4.42 Å². The summed E-state index contributed by atoms with van der Waals surface area (Å²) in [5.74, 6) is 1.87. The number of fused-ring (bicyclic) bond motifs is 3. The van der Waals surface area contributed by atoms with E-state index < -0.39 is 0 Å². The van der Waals surface area contributed by atoms with Gasteiger partial charge in [-0.3, -0.25) is 0 Å². The number of para-hydroxylation sites is 1. The minimum Gasteiger partial charge on any atom is -0.456 e. The molecule has 2 heterocycles. The molecule has 11 rings (SSSR count). The molecule has 286 valence electrons. The van der Waals surface area contributed by atoms with E-state index in [2.05, 4.69) is 188 Å². The van der Waals surface area contributed by atoms with E-state index in [0.717, 1.165) is 72.0 Å². The molecule has 0 aliphatic rings. The first kappa shape index (κ1) is 35.9. The number of hydrogen-bond donors (Lipinski definition) is 0. The third-order valence-electron chi connectivity index (χ3n) is 11.4. The highest BCUT2D eigenvalue weighted by Gasteiger charge is 2.18. The zero-order chi connectivity index (χ0) is 40.5. The number of benzene rings is 9. The van der Waals surface area contributed by atoms with Gasteiger partial charge in [0.15, 0.2) is 17.5 Å². The molecule has 0 bridgehead atoms. The molecule has 0 aliphatic carbocycles. The van der Waals surface area contributed by atoms with Crippen LogP contribution in [0.25, 0.3) is 112 Å². The van der Waals surface area contributed by atoms with Crippen molar-refractivity contribution in [1.82, 2.24) is 15.0 Å². The molecule has 0 radical (unpaired) electrons. The van der Waals surface area contributed by atoms with Gasteiger partial charge in [0.25, 0.3) is 0 Å². The summed E-state index contributed by atoms with van der Waals surface area (Å²) in [6.07, 6.45) is 0. The maximum Gasteiger partial charge on any atom is 0.164 e.